The number of fused-ring (bicyclic) bond motifs is 4. The zero-order valence-electron chi connectivity index (χ0n) is 15.7. The van der Waals surface area contributed by atoms with Crippen molar-refractivity contribution in [3.8, 4) is 11.5 Å². The highest BCUT2D eigenvalue weighted by atomic mass is 19.1. The Kier molecular flexibility index (Phi) is 3.61. The van der Waals surface area contributed by atoms with Crippen LogP contribution in [0, 0.1) is 5.82 Å². The van der Waals surface area contributed by atoms with Crippen LogP contribution in [-0.2, 0) is 6.54 Å². The molecule has 0 saturated carbocycles. The van der Waals surface area contributed by atoms with Crippen molar-refractivity contribution < 1.29 is 8.81 Å². The minimum absolute atomic E-state index is 0.304. The Morgan fingerprint density at radius 1 is 0.833 bits per heavy atom. The van der Waals surface area contributed by atoms with Crippen molar-refractivity contribution in [1.82, 2.24) is 24.7 Å². The predicted molar refractivity (Wildman–Crippen MR) is 111 cm³/mol. The van der Waals surface area contributed by atoms with Gasteiger partial charge in [0.15, 0.2) is 5.65 Å². The number of nitrogens with zero attached hydrogens (tertiary/aromatic N) is 5. The van der Waals surface area contributed by atoms with Crippen molar-refractivity contribution in [3.05, 3.63) is 84.5 Å². The summed E-state index contributed by atoms with van der Waals surface area (Å²) in [5.74, 6) is 0.571. The van der Waals surface area contributed by atoms with Gasteiger partial charge in [0, 0.05) is 10.9 Å². The summed E-state index contributed by atoms with van der Waals surface area (Å²) in [7, 11) is 0. The molecule has 6 nitrogen and oxygen atoms in total. The fraction of sp³-hybridized carbons (Fsp3) is 0.0435. The van der Waals surface area contributed by atoms with Gasteiger partial charge in [-0.25, -0.2) is 14.4 Å². The van der Waals surface area contributed by atoms with E-state index >= 15 is 0 Å². The zero-order valence-corrected chi connectivity index (χ0v) is 15.7. The molecule has 0 aliphatic heterocycles. The summed E-state index contributed by atoms with van der Waals surface area (Å²) < 4.78 is 21.8. The second kappa shape index (κ2) is 6.45. The first-order valence-electron chi connectivity index (χ1n) is 9.48. The van der Waals surface area contributed by atoms with Crippen molar-refractivity contribution in [2.45, 2.75) is 6.54 Å². The molecule has 0 fully saturated rings. The molecule has 144 valence electrons. The molecule has 3 aromatic heterocycles. The Labute approximate surface area is 169 Å². The molecule has 0 spiro atoms. The second-order valence-corrected chi connectivity index (χ2v) is 7.00. The molecule has 3 aromatic carbocycles. The van der Waals surface area contributed by atoms with Gasteiger partial charge in [0.05, 0.1) is 16.6 Å². The highest BCUT2D eigenvalue weighted by molar-refractivity contribution is 6.06. The summed E-state index contributed by atoms with van der Waals surface area (Å²) in [6.45, 7) is 0.304. The third kappa shape index (κ3) is 2.63. The highest BCUT2D eigenvalue weighted by Crippen LogP contribution is 2.30. The molecule has 0 aliphatic rings. The van der Waals surface area contributed by atoms with E-state index in [1.54, 1.807) is 6.07 Å². The van der Waals surface area contributed by atoms with Crippen LogP contribution in [0.25, 0.3) is 44.6 Å². The SMILES string of the molecule is Fc1ccc2c(c1)c1nc3ccccc3nc1n2Cc1nnc(-c2ccccc2)o1. The molecule has 6 rings (SSSR count). The Morgan fingerprint density at radius 3 is 2.43 bits per heavy atom. The number of rotatable bonds is 3. The van der Waals surface area contributed by atoms with Gasteiger partial charge in [-0.05, 0) is 42.5 Å². The first kappa shape index (κ1) is 16.8. The minimum atomic E-state index is -0.319. The third-order valence-electron chi connectivity index (χ3n) is 5.09. The lowest BCUT2D eigenvalue weighted by Crippen LogP contribution is -2.01. The van der Waals surface area contributed by atoms with Gasteiger partial charge in [-0.15, -0.1) is 10.2 Å². The number of hydrogen-bond donors (Lipinski definition) is 0. The normalized spacial score (nSPS) is 11.6. The molecular weight excluding hydrogens is 381 g/mol. The maximum Gasteiger partial charge on any atom is 0.247 e. The van der Waals surface area contributed by atoms with E-state index in [0.717, 1.165) is 22.1 Å². The Morgan fingerprint density at radius 2 is 1.60 bits per heavy atom. The van der Waals surface area contributed by atoms with Gasteiger partial charge >= 0.3 is 0 Å². The van der Waals surface area contributed by atoms with Gasteiger partial charge in [0.2, 0.25) is 11.8 Å². The van der Waals surface area contributed by atoms with E-state index in [9.17, 15) is 4.39 Å². The van der Waals surface area contributed by atoms with Crippen LogP contribution in [0.2, 0.25) is 0 Å². The van der Waals surface area contributed by atoms with Crippen LogP contribution in [0.5, 0.6) is 0 Å². The Hall–Kier alpha value is -4.13. The summed E-state index contributed by atoms with van der Waals surface area (Å²) >= 11 is 0. The number of hydrogen-bond acceptors (Lipinski definition) is 5. The Balaban J connectivity index is 1.54. The molecule has 0 unspecified atom stereocenters. The number of benzene rings is 3. The van der Waals surface area contributed by atoms with Gasteiger partial charge < -0.3 is 8.98 Å². The zero-order chi connectivity index (χ0) is 20.1. The van der Waals surface area contributed by atoms with E-state index in [-0.39, 0.29) is 5.82 Å². The molecule has 3 heterocycles. The topological polar surface area (TPSA) is 69.6 Å². The molecule has 30 heavy (non-hydrogen) atoms. The quantitative estimate of drug-likeness (QED) is 0.423. The van der Waals surface area contributed by atoms with Gasteiger partial charge in [-0.1, -0.05) is 30.3 Å². The average Bonchev–Trinajstić information content (AvgIpc) is 3.36. The summed E-state index contributed by atoms with van der Waals surface area (Å²) in [5.41, 5.74) is 4.48. The lowest BCUT2D eigenvalue weighted by Gasteiger charge is -2.04. The lowest BCUT2D eigenvalue weighted by atomic mass is 10.2. The molecule has 0 atom stereocenters. The number of halogens is 1. The summed E-state index contributed by atoms with van der Waals surface area (Å²) in [4.78, 5) is 9.54. The standard InChI is InChI=1S/C23H14FN5O/c24-15-10-11-19-16(12-15)21-22(26-18-9-5-4-8-17(18)25-21)29(19)13-20-27-28-23(30-20)14-6-2-1-3-7-14/h1-12H,13H2. The number of aromatic nitrogens is 5. The molecule has 0 aliphatic carbocycles. The van der Waals surface area contributed by atoms with Gasteiger partial charge in [0.1, 0.15) is 17.9 Å². The molecule has 0 saturated heterocycles. The minimum Gasteiger partial charge on any atom is -0.419 e. The van der Waals surface area contributed by atoms with Crippen molar-refractivity contribution in [1.29, 1.82) is 0 Å². The fourth-order valence-electron chi connectivity index (χ4n) is 3.72. The largest absolute Gasteiger partial charge is 0.419 e. The summed E-state index contributed by atoms with van der Waals surface area (Å²) in [5, 5.41) is 9.07. The second-order valence-electron chi connectivity index (χ2n) is 7.00. The summed E-state index contributed by atoms with van der Waals surface area (Å²) in [6, 6.07) is 21.9. The molecule has 0 amide bonds. The maximum absolute atomic E-state index is 14.0. The smallest absolute Gasteiger partial charge is 0.247 e. The average molecular weight is 395 g/mol. The van der Waals surface area contributed by atoms with Crippen molar-refractivity contribution in [2.75, 3.05) is 0 Å². The highest BCUT2D eigenvalue weighted by Gasteiger charge is 2.18. The van der Waals surface area contributed by atoms with Crippen LogP contribution in [-0.4, -0.2) is 24.7 Å². The molecule has 7 heteroatoms. The van der Waals surface area contributed by atoms with Gasteiger partial charge in [0.25, 0.3) is 0 Å². The van der Waals surface area contributed by atoms with E-state index in [1.807, 2.05) is 59.2 Å². The number of para-hydroxylation sites is 2. The van der Waals surface area contributed by atoms with Crippen LogP contribution in [0.1, 0.15) is 5.89 Å². The summed E-state index contributed by atoms with van der Waals surface area (Å²) in [6.07, 6.45) is 0. The molecule has 0 N–H and O–H groups in total. The van der Waals surface area contributed by atoms with E-state index in [4.69, 9.17) is 14.4 Å². The van der Waals surface area contributed by atoms with Crippen LogP contribution in [0.15, 0.2) is 77.2 Å². The van der Waals surface area contributed by atoms with E-state index in [2.05, 4.69) is 10.2 Å². The first-order chi connectivity index (χ1) is 14.8. The molecule has 0 bridgehead atoms. The van der Waals surface area contributed by atoms with Gasteiger partial charge in [-0.3, -0.25) is 0 Å². The van der Waals surface area contributed by atoms with Crippen LogP contribution < -0.4 is 0 Å². The van der Waals surface area contributed by atoms with E-state index in [0.29, 0.717) is 34.9 Å². The monoisotopic (exact) mass is 395 g/mol. The fourth-order valence-corrected chi connectivity index (χ4v) is 3.72. The Bertz CT molecular complexity index is 1540. The van der Waals surface area contributed by atoms with Crippen molar-refractivity contribution in [3.63, 3.8) is 0 Å². The van der Waals surface area contributed by atoms with E-state index < -0.39 is 0 Å². The lowest BCUT2D eigenvalue weighted by molar-refractivity contribution is 0.494. The third-order valence-corrected chi connectivity index (χ3v) is 5.09. The van der Waals surface area contributed by atoms with Crippen LogP contribution >= 0.6 is 0 Å². The van der Waals surface area contributed by atoms with Crippen molar-refractivity contribution >= 4 is 33.1 Å². The molecule has 0 radical (unpaired) electrons. The van der Waals surface area contributed by atoms with Gasteiger partial charge in [-0.2, -0.15) is 0 Å². The van der Waals surface area contributed by atoms with E-state index in [1.165, 1.54) is 12.1 Å². The van der Waals surface area contributed by atoms with Crippen molar-refractivity contribution in [2.24, 2.45) is 0 Å². The van der Waals surface area contributed by atoms with Crippen LogP contribution in [0.3, 0.4) is 0 Å². The van der Waals surface area contributed by atoms with Crippen LogP contribution in [0.4, 0.5) is 4.39 Å². The first-order valence-corrected chi connectivity index (χ1v) is 9.48. The molecular formula is C23H14FN5O. The molecule has 6 aromatic rings. The predicted octanol–water partition coefficient (Wildman–Crippen LogP) is 4.98. The maximum atomic E-state index is 14.0.